The molecule has 0 spiro atoms. The topological polar surface area (TPSA) is 92.3 Å². The molecule has 30 heavy (non-hydrogen) atoms. The van der Waals surface area contributed by atoms with Crippen molar-refractivity contribution in [2.24, 2.45) is 5.92 Å². The Hall–Kier alpha value is -3.32. The highest BCUT2D eigenvalue weighted by atomic mass is 35.5. The zero-order valence-electron chi connectivity index (χ0n) is 16.8. The lowest BCUT2D eigenvalue weighted by Gasteiger charge is -2.10. The van der Waals surface area contributed by atoms with Crippen LogP contribution in [0.5, 0.6) is 5.75 Å². The summed E-state index contributed by atoms with van der Waals surface area (Å²) in [6.07, 6.45) is 0. The zero-order chi connectivity index (χ0) is 21.4. The number of carbonyl (C=O) groups is 1. The Morgan fingerprint density at radius 3 is 2.50 bits per heavy atom. The van der Waals surface area contributed by atoms with Crippen LogP contribution in [0.4, 0.5) is 5.82 Å². The van der Waals surface area contributed by atoms with Gasteiger partial charge in [0.2, 0.25) is 0 Å². The van der Waals surface area contributed by atoms with Gasteiger partial charge in [0.15, 0.2) is 5.65 Å². The lowest BCUT2D eigenvalue weighted by atomic mass is 10.2. The van der Waals surface area contributed by atoms with Gasteiger partial charge < -0.3 is 15.2 Å². The number of aromatic nitrogens is 3. The summed E-state index contributed by atoms with van der Waals surface area (Å²) in [6.45, 7) is 4.21. The standard InChI is InChI=1S/C22H21ClN4O3/c1-12(2)11-30-22(28)18-19-21(26-16-7-5-4-6-15(16)25-19)27(20(18)24)13-8-9-17(29-3)14(23)10-13/h4-10,12H,11,24H2,1-3H3. The number of methoxy groups -OCH3 is 1. The molecule has 2 aromatic heterocycles. The van der Waals surface area contributed by atoms with Crippen molar-refractivity contribution < 1.29 is 14.3 Å². The Morgan fingerprint density at radius 1 is 1.17 bits per heavy atom. The molecule has 0 aliphatic heterocycles. The average molecular weight is 425 g/mol. The Kier molecular flexibility index (Phi) is 5.22. The van der Waals surface area contributed by atoms with E-state index in [1.54, 1.807) is 29.9 Å². The fourth-order valence-corrected chi connectivity index (χ4v) is 3.49. The van der Waals surface area contributed by atoms with Crippen LogP contribution >= 0.6 is 11.6 Å². The normalized spacial score (nSPS) is 11.4. The molecule has 7 nitrogen and oxygen atoms in total. The van der Waals surface area contributed by atoms with Crippen LogP contribution in [0.15, 0.2) is 42.5 Å². The van der Waals surface area contributed by atoms with Gasteiger partial charge >= 0.3 is 5.97 Å². The minimum absolute atomic E-state index is 0.190. The molecule has 0 atom stereocenters. The number of fused-ring (bicyclic) bond motifs is 2. The Balaban J connectivity index is 1.99. The van der Waals surface area contributed by atoms with Gasteiger partial charge in [-0.1, -0.05) is 37.6 Å². The summed E-state index contributed by atoms with van der Waals surface area (Å²) in [5.41, 5.74) is 9.45. The molecule has 8 heteroatoms. The Labute approximate surface area is 178 Å². The molecule has 0 aliphatic carbocycles. The van der Waals surface area contributed by atoms with E-state index in [9.17, 15) is 4.79 Å². The molecule has 0 saturated carbocycles. The van der Waals surface area contributed by atoms with Gasteiger partial charge in [0, 0.05) is 0 Å². The maximum Gasteiger partial charge on any atom is 0.344 e. The second-order valence-electron chi connectivity index (χ2n) is 7.29. The molecule has 0 radical (unpaired) electrons. The minimum atomic E-state index is -0.533. The summed E-state index contributed by atoms with van der Waals surface area (Å²) in [5, 5.41) is 0.411. The Bertz CT molecular complexity index is 1270. The predicted octanol–water partition coefficient (Wildman–Crippen LogP) is 4.63. The molecular formula is C22H21ClN4O3. The van der Waals surface area contributed by atoms with Gasteiger partial charge in [0.1, 0.15) is 22.6 Å². The number of carbonyl (C=O) groups excluding carboxylic acids is 1. The number of halogens is 1. The van der Waals surface area contributed by atoms with E-state index in [1.807, 2.05) is 38.1 Å². The van der Waals surface area contributed by atoms with Crippen LogP contribution < -0.4 is 10.5 Å². The number of hydrogen-bond acceptors (Lipinski definition) is 6. The quantitative estimate of drug-likeness (QED) is 0.469. The maximum atomic E-state index is 12.9. The van der Waals surface area contributed by atoms with Crippen molar-refractivity contribution >= 4 is 45.6 Å². The molecule has 0 bridgehead atoms. The highest BCUT2D eigenvalue weighted by Gasteiger charge is 2.26. The van der Waals surface area contributed by atoms with Crippen LogP contribution in [0.2, 0.25) is 5.02 Å². The van der Waals surface area contributed by atoms with Crippen LogP contribution in [0.25, 0.3) is 27.9 Å². The number of ether oxygens (including phenoxy) is 2. The van der Waals surface area contributed by atoms with Gasteiger partial charge in [-0.05, 0) is 36.2 Å². The number of nitrogen functional groups attached to an aromatic ring is 1. The number of anilines is 1. The van der Waals surface area contributed by atoms with Crippen LogP contribution in [0, 0.1) is 5.92 Å². The third-order valence-electron chi connectivity index (χ3n) is 4.64. The summed E-state index contributed by atoms with van der Waals surface area (Å²) in [4.78, 5) is 22.3. The second-order valence-corrected chi connectivity index (χ2v) is 7.70. The van der Waals surface area contributed by atoms with E-state index in [4.69, 9.17) is 31.8 Å². The minimum Gasteiger partial charge on any atom is -0.495 e. The number of rotatable bonds is 5. The van der Waals surface area contributed by atoms with Crippen LogP contribution in [0.3, 0.4) is 0 Å². The number of nitrogens with zero attached hydrogens (tertiary/aromatic N) is 3. The molecule has 2 N–H and O–H groups in total. The fraction of sp³-hybridized carbons (Fsp3) is 0.227. The fourth-order valence-electron chi connectivity index (χ4n) is 3.23. The van der Waals surface area contributed by atoms with Gasteiger partial charge in [-0.15, -0.1) is 0 Å². The average Bonchev–Trinajstić information content (AvgIpc) is 3.01. The maximum absolute atomic E-state index is 12.9. The van der Waals surface area contributed by atoms with Crippen molar-refractivity contribution in [3.05, 3.63) is 53.1 Å². The number of para-hydroxylation sites is 2. The number of benzene rings is 2. The van der Waals surface area contributed by atoms with E-state index in [0.717, 1.165) is 0 Å². The van der Waals surface area contributed by atoms with Gasteiger partial charge in [-0.3, -0.25) is 4.57 Å². The summed E-state index contributed by atoms with van der Waals surface area (Å²) in [7, 11) is 1.54. The monoisotopic (exact) mass is 424 g/mol. The summed E-state index contributed by atoms with van der Waals surface area (Å²) in [6, 6.07) is 12.7. The molecule has 0 fully saturated rings. The van der Waals surface area contributed by atoms with Crippen LogP contribution in [-0.4, -0.2) is 34.2 Å². The van der Waals surface area contributed by atoms with Crippen LogP contribution in [-0.2, 0) is 4.74 Å². The molecule has 0 aliphatic rings. The molecule has 0 amide bonds. The van der Waals surface area contributed by atoms with E-state index in [1.165, 1.54) is 0 Å². The molecule has 4 rings (SSSR count). The molecule has 2 aromatic carbocycles. The molecule has 4 aromatic rings. The van der Waals surface area contributed by atoms with Gasteiger partial charge in [-0.25, -0.2) is 14.8 Å². The van der Waals surface area contributed by atoms with E-state index in [-0.39, 0.29) is 23.9 Å². The predicted molar refractivity (Wildman–Crippen MR) is 117 cm³/mol. The first-order valence-corrected chi connectivity index (χ1v) is 9.86. The van der Waals surface area contributed by atoms with E-state index in [0.29, 0.717) is 38.7 Å². The Morgan fingerprint density at radius 2 is 1.87 bits per heavy atom. The van der Waals surface area contributed by atoms with Gasteiger partial charge in [0.25, 0.3) is 0 Å². The first-order valence-electron chi connectivity index (χ1n) is 9.48. The van der Waals surface area contributed by atoms with E-state index >= 15 is 0 Å². The van der Waals surface area contributed by atoms with E-state index in [2.05, 4.69) is 4.98 Å². The molecular weight excluding hydrogens is 404 g/mol. The van der Waals surface area contributed by atoms with Gasteiger partial charge in [0.05, 0.1) is 35.5 Å². The van der Waals surface area contributed by atoms with Crippen molar-refractivity contribution in [3.63, 3.8) is 0 Å². The third kappa shape index (κ3) is 3.41. The molecule has 0 unspecified atom stereocenters. The van der Waals surface area contributed by atoms with Crippen molar-refractivity contribution in [3.8, 4) is 11.4 Å². The third-order valence-corrected chi connectivity index (χ3v) is 4.94. The summed E-state index contributed by atoms with van der Waals surface area (Å²) in [5.74, 6) is 0.379. The number of hydrogen-bond donors (Lipinski definition) is 1. The molecule has 0 saturated heterocycles. The lowest BCUT2D eigenvalue weighted by molar-refractivity contribution is 0.0462. The van der Waals surface area contributed by atoms with Crippen LogP contribution in [0.1, 0.15) is 24.2 Å². The first kappa shape index (κ1) is 20.0. The lowest BCUT2D eigenvalue weighted by Crippen LogP contribution is -2.12. The van der Waals surface area contributed by atoms with Crippen molar-refractivity contribution in [1.82, 2.24) is 14.5 Å². The highest BCUT2D eigenvalue weighted by Crippen LogP contribution is 2.34. The smallest absolute Gasteiger partial charge is 0.344 e. The van der Waals surface area contributed by atoms with Crippen molar-refractivity contribution in [2.75, 3.05) is 19.5 Å². The largest absolute Gasteiger partial charge is 0.495 e. The van der Waals surface area contributed by atoms with E-state index < -0.39 is 5.97 Å². The van der Waals surface area contributed by atoms with Gasteiger partial charge in [-0.2, -0.15) is 0 Å². The highest BCUT2D eigenvalue weighted by molar-refractivity contribution is 6.32. The SMILES string of the molecule is COc1ccc(-n2c(N)c(C(=O)OCC(C)C)c3nc4ccccc4nc32)cc1Cl. The van der Waals surface area contributed by atoms with Crippen molar-refractivity contribution in [1.29, 1.82) is 0 Å². The molecule has 2 heterocycles. The molecule has 154 valence electrons. The summed E-state index contributed by atoms with van der Waals surface area (Å²) < 4.78 is 12.3. The second kappa shape index (κ2) is 7.84. The number of esters is 1. The van der Waals surface area contributed by atoms with Crippen molar-refractivity contribution in [2.45, 2.75) is 13.8 Å². The zero-order valence-corrected chi connectivity index (χ0v) is 17.6. The number of nitrogens with two attached hydrogens (primary N) is 1. The first-order chi connectivity index (χ1) is 14.4. The summed E-state index contributed by atoms with van der Waals surface area (Å²) >= 11 is 6.33.